The number of hydrogen-bond donors (Lipinski definition) is 0. The standard InChI is InChI=1S/C43H80O3Si3/c1-31(22-23-32(2)42(10,11)46-47(13,14)15)36-26-27-37-35(21-20-28-43(36,37)12)25-24-34-29-38(44-48(16,17)40(4,5)6)33(3)39(30-34)45-49(18,19)41(7,8)9/h22-25,31-32,36-39H,3,20-21,26-30H2,1-2,4-19H3/b23-22+,34-24?,35-25+/t31-,32-,36+,37-,38-,39+,43+/m0/s1. The zero-order valence-corrected chi connectivity index (χ0v) is 38.7. The number of fused-ring (bicyclic) bond motifs is 1. The molecule has 3 nitrogen and oxygen atoms in total. The van der Waals surface area contributed by atoms with Crippen LogP contribution in [-0.4, -0.2) is 42.8 Å². The summed E-state index contributed by atoms with van der Waals surface area (Å²) in [5.41, 5.74) is 4.55. The summed E-state index contributed by atoms with van der Waals surface area (Å²) in [5.74, 6) is 2.37. The van der Waals surface area contributed by atoms with Gasteiger partial charge in [-0.05, 0) is 143 Å². The molecule has 0 radical (unpaired) electrons. The fourth-order valence-corrected chi connectivity index (χ4v) is 12.8. The minimum Gasteiger partial charge on any atom is -0.412 e. The van der Waals surface area contributed by atoms with E-state index in [9.17, 15) is 0 Å². The van der Waals surface area contributed by atoms with Crippen LogP contribution in [0.15, 0.2) is 47.6 Å². The highest BCUT2D eigenvalue weighted by Crippen LogP contribution is 2.59. The zero-order chi connectivity index (χ0) is 37.6. The van der Waals surface area contributed by atoms with Gasteiger partial charge in [-0.1, -0.05) is 104 Å². The average molecular weight is 729 g/mol. The van der Waals surface area contributed by atoms with Crippen LogP contribution in [0.1, 0.15) is 121 Å². The maximum Gasteiger partial charge on any atom is 0.192 e. The van der Waals surface area contributed by atoms with Crippen LogP contribution in [0.3, 0.4) is 0 Å². The van der Waals surface area contributed by atoms with Gasteiger partial charge in [0.1, 0.15) is 0 Å². The SMILES string of the molecule is C=C1[C@@H](O[Si](C)(C)C(C)(C)C)CC(=C/C=C2\CCC[C@]3(C)[C@@H]([C@@H](C)/C=C/[C@H](C)C(C)(C)O[Si](C)(C)C)CC[C@@H]23)C[C@H]1O[Si](C)(C)C(C)(C)C. The van der Waals surface area contributed by atoms with E-state index in [-0.39, 0.29) is 27.9 Å². The van der Waals surface area contributed by atoms with Gasteiger partial charge in [0.05, 0.1) is 17.8 Å². The topological polar surface area (TPSA) is 27.7 Å². The monoisotopic (exact) mass is 729 g/mol. The Morgan fingerprint density at radius 1 is 0.776 bits per heavy atom. The van der Waals surface area contributed by atoms with Crippen LogP contribution in [0, 0.1) is 29.1 Å². The fourth-order valence-electron chi connectivity index (χ4n) is 8.42. The predicted molar refractivity (Wildman–Crippen MR) is 223 cm³/mol. The Labute approximate surface area is 308 Å². The van der Waals surface area contributed by atoms with Crippen molar-refractivity contribution in [2.45, 2.75) is 195 Å². The van der Waals surface area contributed by atoms with E-state index in [0.29, 0.717) is 23.2 Å². The third-order valence-corrected chi connectivity index (χ3v) is 23.9. The van der Waals surface area contributed by atoms with Crippen molar-refractivity contribution in [3.05, 3.63) is 47.6 Å². The first kappa shape index (κ1) is 42.9. The summed E-state index contributed by atoms with van der Waals surface area (Å²) >= 11 is 0. The van der Waals surface area contributed by atoms with Gasteiger partial charge in [-0.25, -0.2) is 0 Å². The van der Waals surface area contributed by atoms with E-state index in [1.54, 1.807) is 5.57 Å². The molecule has 3 rings (SSSR count). The average Bonchev–Trinajstić information content (AvgIpc) is 3.27. The summed E-state index contributed by atoms with van der Waals surface area (Å²) < 4.78 is 20.8. The maximum absolute atomic E-state index is 7.12. The van der Waals surface area contributed by atoms with Crippen molar-refractivity contribution < 1.29 is 13.3 Å². The molecule has 7 atom stereocenters. The maximum atomic E-state index is 7.12. The number of rotatable bonds is 11. The molecule has 0 saturated heterocycles. The summed E-state index contributed by atoms with van der Waals surface area (Å²) in [6, 6.07) is 0. The molecule has 0 heterocycles. The van der Waals surface area contributed by atoms with Crippen LogP contribution in [0.25, 0.3) is 0 Å². The molecule has 3 fully saturated rings. The highest BCUT2D eigenvalue weighted by Gasteiger charge is 2.50. The zero-order valence-electron chi connectivity index (χ0n) is 35.7. The lowest BCUT2D eigenvalue weighted by Gasteiger charge is -2.46. The fraction of sp³-hybridized carbons (Fsp3) is 0.814. The largest absolute Gasteiger partial charge is 0.412 e. The molecular weight excluding hydrogens is 649 g/mol. The summed E-state index contributed by atoms with van der Waals surface area (Å²) in [6.45, 7) is 47.1. The van der Waals surface area contributed by atoms with Crippen LogP contribution in [-0.2, 0) is 13.3 Å². The van der Waals surface area contributed by atoms with Gasteiger partial charge in [0, 0.05) is 5.92 Å². The second kappa shape index (κ2) is 15.1. The third-order valence-electron chi connectivity index (χ3n) is 13.8. The molecule has 0 bridgehead atoms. The first-order valence-corrected chi connectivity index (χ1v) is 29.0. The van der Waals surface area contributed by atoms with Crippen LogP contribution in [0.5, 0.6) is 0 Å². The number of hydrogen-bond acceptors (Lipinski definition) is 3. The predicted octanol–water partition coefficient (Wildman–Crippen LogP) is 13.6. The smallest absolute Gasteiger partial charge is 0.192 e. The third kappa shape index (κ3) is 10.3. The second-order valence-electron chi connectivity index (χ2n) is 21.2. The Balaban J connectivity index is 1.86. The van der Waals surface area contributed by atoms with Gasteiger partial charge >= 0.3 is 0 Å². The molecule has 0 amide bonds. The van der Waals surface area contributed by atoms with Crippen molar-refractivity contribution in [3.8, 4) is 0 Å². The van der Waals surface area contributed by atoms with E-state index in [0.717, 1.165) is 24.3 Å². The Kier molecular flexibility index (Phi) is 13.2. The minimum absolute atomic E-state index is 0.0256. The lowest BCUT2D eigenvalue weighted by molar-refractivity contribution is 0.0632. The van der Waals surface area contributed by atoms with Gasteiger partial charge in [-0.15, -0.1) is 0 Å². The molecule has 0 aliphatic heterocycles. The highest BCUT2D eigenvalue weighted by molar-refractivity contribution is 6.74. The molecule has 3 aliphatic carbocycles. The van der Waals surface area contributed by atoms with E-state index in [2.05, 4.69) is 153 Å². The van der Waals surface area contributed by atoms with Gasteiger partial charge in [-0.3, -0.25) is 0 Å². The lowest BCUT2D eigenvalue weighted by atomic mass is 9.61. The Morgan fingerprint density at radius 2 is 1.29 bits per heavy atom. The van der Waals surface area contributed by atoms with E-state index in [1.807, 2.05) is 0 Å². The van der Waals surface area contributed by atoms with Crippen molar-refractivity contribution in [2.75, 3.05) is 0 Å². The second-order valence-corrected chi connectivity index (χ2v) is 35.2. The van der Waals surface area contributed by atoms with Crippen LogP contribution in [0.2, 0.25) is 55.9 Å². The van der Waals surface area contributed by atoms with Crippen molar-refractivity contribution in [3.63, 3.8) is 0 Å². The van der Waals surface area contributed by atoms with Crippen LogP contribution >= 0.6 is 0 Å². The molecule has 6 heteroatoms. The highest BCUT2D eigenvalue weighted by atomic mass is 28.4. The summed E-state index contributed by atoms with van der Waals surface area (Å²) in [5, 5.41) is 0.306. The Morgan fingerprint density at radius 3 is 1.76 bits per heavy atom. The molecule has 0 aromatic carbocycles. The molecule has 49 heavy (non-hydrogen) atoms. The van der Waals surface area contributed by atoms with Crippen LogP contribution in [0.4, 0.5) is 0 Å². The molecule has 282 valence electrons. The molecule has 3 saturated carbocycles. The van der Waals surface area contributed by atoms with Crippen LogP contribution < -0.4 is 0 Å². The van der Waals surface area contributed by atoms with Gasteiger partial charge < -0.3 is 13.3 Å². The minimum atomic E-state index is -1.98. The first-order chi connectivity index (χ1) is 22.0. The van der Waals surface area contributed by atoms with E-state index in [1.165, 1.54) is 37.7 Å². The molecule has 0 N–H and O–H groups in total. The molecule has 0 aromatic heterocycles. The molecule has 0 aromatic rings. The lowest BCUT2D eigenvalue weighted by Crippen LogP contribution is -2.49. The molecule has 0 unspecified atom stereocenters. The Hall–Kier alpha value is -0.509. The number of allylic oxidation sites excluding steroid dienone is 4. The van der Waals surface area contributed by atoms with Gasteiger partial charge in [0.2, 0.25) is 0 Å². The summed E-state index contributed by atoms with van der Waals surface area (Å²) in [4.78, 5) is 0. The van der Waals surface area contributed by atoms with Crippen molar-refractivity contribution >= 4 is 25.0 Å². The van der Waals surface area contributed by atoms with E-state index >= 15 is 0 Å². The summed E-state index contributed by atoms with van der Waals surface area (Å²) in [7, 11) is -5.58. The molecule has 3 aliphatic rings. The summed E-state index contributed by atoms with van der Waals surface area (Å²) in [6.07, 6.45) is 18.5. The van der Waals surface area contributed by atoms with E-state index in [4.69, 9.17) is 13.3 Å². The Bertz CT molecular complexity index is 1210. The van der Waals surface area contributed by atoms with Crippen molar-refractivity contribution in [1.82, 2.24) is 0 Å². The normalized spacial score (nSPS) is 31.1. The van der Waals surface area contributed by atoms with Crippen molar-refractivity contribution in [2.24, 2.45) is 29.1 Å². The van der Waals surface area contributed by atoms with Crippen molar-refractivity contribution in [1.29, 1.82) is 0 Å². The van der Waals surface area contributed by atoms with Gasteiger partial charge in [-0.2, -0.15) is 0 Å². The molecular formula is C43H80O3Si3. The quantitative estimate of drug-likeness (QED) is 0.157. The molecule has 0 spiro atoms. The van der Waals surface area contributed by atoms with Gasteiger partial charge in [0.15, 0.2) is 25.0 Å². The van der Waals surface area contributed by atoms with Gasteiger partial charge in [0.25, 0.3) is 0 Å². The first-order valence-electron chi connectivity index (χ1n) is 19.8. The van der Waals surface area contributed by atoms with E-state index < -0.39 is 25.0 Å².